The van der Waals surface area contributed by atoms with Crippen LogP contribution in [0.2, 0.25) is 0 Å². The Hall–Kier alpha value is -0.940. The summed E-state index contributed by atoms with van der Waals surface area (Å²) in [4.78, 5) is 22.8. The normalized spacial score (nSPS) is 13.9. The minimum absolute atomic E-state index is 0.309. The Morgan fingerprint density at radius 3 is 1.04 bits per heavy atom. The molecule has 0 amide bonds. The molecule has 0 radical (unpaired) electrons. The molecule has 0 aromatic heterocycles. The van der Waals surface area contributed by atoms with Crippen LogP contribution in [-0.4, -0.2) is 11.2 Å². The van der Waals surface area contributed by atoms with Crippen LogP contribution in [0.25, 0.3) is 0 Å². The van der Waals surface area contributed by atoms with Gasteiger partial charge in [0.05, 0.1) is 11.2 Å². The molecule has 0 saturated carbocycles. The fraction of sp³-hybridized carbons (Fsp3) is 0.727. The molecule has 4 nitrogen and oxygen atoms in total. The molecule has 150 valence electrons. The molecule has 0 aliphatic carbocycles. The second-order valence-corrected chi connectivity index (χ2v) is 9.16. The summed E-state index contributed by atoms with van der Waals surface area (Å²) in [6.45, 7) is 20.2. The minimum Gasteiger partial charge on any atom is -0.230 e. The number of hydrogen-bond donors (Lipinski definition) is 0. The lowest BCUT2D eigenvalue weighted by molar-refractivity contribution is -0.406. The van der Waals surface area contributed by atoms with Gasteiger partial charge < -0.3 is 0 Å². The summed E-state index contributed by atoms with van der Waals surface area (Å²) in [5, 5.41) is 0. The molecular weight excluding hydrogens is 328 g/mol. The van der Waals surface area contributed by atoms with Crippen molar-refractivity contribution >= 4 is 0 Å². The van der Waals surface area contributed by atoms with Crippen LogP contribution in [0.4, 0.5) is 0 Å². The third-order valence-electron chi connectivity index (χ3n) is 4.93. The first-order valence-corrected chi connectivity index (χ1v) is 9.59. The molecular formula is C22H38O4. The molecule has 1 aromatic carbocycles. The Labute approximate surface area is 160 Å². The average molecular weight is 367 g/mol. The molecule has 0 spiro atoms. The summed E-state index contributed by atoms with van der Waals surface area (Å²) in [7, 11) is 0. The van der Waals surface area contributed by atoms with E-state index in [4.69, 9.17) is 19.6 Å². The molecule has 1 aromatic rings. The summed E-state index contributed by atoms with van der Waals surface area (Å²) in [5.74, 6) is 0. The standard InChI is InChI=1S/C22H38O4/c1-11-19(3,4)23-25-21(7,8)17-13-15-18(16-14-17)22(9,10)26-24-20(5,6)12-2/h13-16H,11-12H2,1-10H3. The average Bonchev–Trinajstić information content (AvgIpc) is 2.59. The van der Waals surface area contributed by atoms with Crippen molar-refractivity contribution in [1.82, 2.24) is 0 Å². The maximum absolute atomic E-state index is 5.75. The fourth-order valence-corrected chi connectivity index (χ4v) is 1.92. The smallest absolute Gasteiger partial charge is 0.123 e. The first kappa shape index (κ1) is 23.1. The third-order valence-corrected chi connectivity index (χ3v) is 4.93. The van der Waals surface area contributed by atoms with E-state index in [0.717, 1.165) is 24.0 Å². The molecule has 4 heteroatoms. The van der Waals surface area contributed by atoms with Crippen LogP contribution >= 0.6 is 0 Å². The van der Waals surface area contributed by atoms with E-state index in [2.05, 4.69) is 13.8 Å². The predicted octanol–water partition coefficient (Wildman–Crippen LogP) is 6.43. The zero-order valence-electron chi connectivity index (χ0n) is 18.4. The first-order valence-electron chi connectivity index (χ1n) is 9.59. The molecule has 0 bridgehead atoms. The molecule has 0 aliphatic rings. The van der Waals surface area contributed by atoms with E-state index in [1.165, 1.54) is 0 Å². The highest BCUT2D eigenvalue weighted by Crippen LogP contribution is 2.32. The van der Waals surface area contributed by atoms with E-state index in [0.29, 0.717) is 0 Å². The highest BCUT2D eigenvalue weighted by molar-refractivity contribution is 5.29. The van der Waals surface area contributed by atoms with Gasteiger partial charge in [0.25, 0.3) is 0 Å². The van der Waals surface area contributed by atoms with Gasteiger partial charge in [0, 0.05) is 0 Å². The van der Waals surface area contributed by atoms with Gasteiger partial charge in [-0.1, -0.05) is 38.1 Å². The van der Waals surface area contributed by atoms with E-state index in [1.54, 1.807) is 0 Å². The molecule has 0 fully saturated rings. The van der Waals surface area contributed by atoms with Crippen molar-refractivity contribution in [2.45, 2.75) is 104 Å². The molecule has 1 rings (SSSR count). The van der Waals surface area contributed by atoms with Crippen molar-refractivity contribution in [3.63, 3.8) is 0 Å². The quantitative estimate of drug-likeness (QED) is 0.353. The minimum atomic E-state index is -0.545. The number of benzene rings is 1. The maximum atomic E-state index is 5.75. The topological polar surface area (TPSA) is 36.9 Å². The Bertz CT molecular complexity index is 505. The van der Waals surface area contributed by atoms with Crippen molar-refractivity contribution in [3.8, 4) is 0 Å². The second kappa shape index (κ2) is 8.39. The molecule has 0 saturated heterocycles. The summed E-state index contributed by atoms with van der Waals surface area (Å²) in [5.41, 5.74) is 0.373. The van der Waals surface area contributed by atoms with E-state index in [-0.39, 0.29) is 11.2 Å². The van der Waals surface area contributed by atoms with Gasteiger partial charge in [-0.2, -0.15) is 0 Å². The Morgan fingerprint density at radius 2 is 0.808 bits per heavy atom. The third kappa shape index (κ3) is 6.66. The van der Waals surface area contributed by atoms with Crippen molar-refractivity contribution in [1.29, 1.82) is 0 Å². The molecule has 0 heterocycles. The number of hydrogen-bond acceptors (Lipinski definition) is 4. The van der Waals surface area contributed by atoms with Crippen molar-refractivity contribution < 1.29 is 19.6 Å². The van der Waals surface area contributed by atoms with Gasteiger partial charge in [0.15, 0.2) is 0 Å². The Balaban J connectivity index is 2.83. The van der Waals surface area contributed by atoms with Crippen LogP contribution < -0.4 is 0 Å². The lowest BCUT2D eigenvalue weighted by Gasteiger charge is -2.32. The van der Waals surface area contributed by atoms with Crippen LogP contribution in [0.1, 0.15) is 93.2 Å². The van der Waals surface area contributed by atoms with Crippen molar-refractivity contribution in [2.75, 3.05) is 0 Å². The van der Waals surface area contributed by atoms with Crippen LogP contribution in [-0.2, 0) is 30.8 Å². The van der Waals surface area contributed by atoms with Gasteiger partial charge in [0.1, 0.15) is 11.2 Å². The highest BCUT2D eigenvalue weighted by atomic mass is 17.2. The van der Waals surface area contributed by atoms with Crippen LogP contribution in [0.3, 0.4) is 0 Å². The summed E-state index contributed by atoms with van der Waals surface area (Å²) in [6, 6.07) is 8.20. The largest absolute Gasteiger partial charge is 0.230 e. The predicted molar refractivity (Wildman–Crippen MR) is 106 cm³/mol. The van der Waals surface area contributed by atoms with Crippen LogP contribution in [0.15, 0.2) is 24.3 Å². The molecule has 26 heavy (non-hydrogen) atoms. The Morgan fingerprint density at radius 1 is 0.538 bits per heavy atom. The lowest BCUT2D eigenvalue weighted by atomic mass is 9.92. The number of rotatable bonds is 10. The van der Waals surface area contributed by atoms with Gasteiger partial charge >= 0.3 is 0 Å². The van der Waals surface area contributed by atoms with E-state index >= 15 is 0 Å². The van der Waals surface area contributed by atoms with E-state index in [1.807, 2.05) is 79.7 Å². The van der Waals surface area contributed by atoms with E-state index in [9.17, 15) is 0 Å². The zero-order valence-corrected chi connectivity index (χ0v) is 18.4. The molecule has 0 atom stereocenters. The summed E-state index contributed by atoms with van der Waals surface area (Å²) < 4.78 is 0. The van der Waals surface area contributed by atoms with E-state index < -0.39 is 11.2 Å². The monoisotopic (exact) mass is 366 g/mol. The van der Waals surface area contributed by atoms with Crippen molar-refractivity contribution in [3.05, 3.63) is 35.4 Å². The van der Waals surface area contributed by atoms with Crippen LogP contribution in [0, 0.1) is 0 Å². The fourth-order valence-electron chi connectivity index (χ4n) is 1.92. The molecule has 0 N–H and O–H groups in total. The molecule has 0 aliphatic heterocycles. The van der Waals surface area contributed by atoms with Gasteiger partial charge in [-0.15, -0.1) is 0 Å². The van der Waals surface area contributed by atoms with Gasteiger partial charge in [0.2, 0.25) is 0 Å². The lowest BCUT2D eigenvalue weighted by Crippen LogP contribution is -2.31. The summed E-state index contributed by atoms with van der Waals surface area (Å²) in [6.07, 6.45) is 1.75. The van der Waals surface area contributed by atoms with Gasteiger partial charge in [-0.3, -0.25) is 0 Å². The SMILES string of the molecule is CCC(C)(C)OOC(C)(C)c1ccc(C(C)(C)OOC(C)(C)CC)cc1. The Kier molecular flexibility index (Phi) is 7.45. The van der Waals surface area contributed by atoms with Crippen molar-refractivity contribution in [2.24, 2.45) is 0 Å². The van der Waals surface area contributed by atoms with Gasteiger partial charge in [-0.05, 0) is 79.4 Å². The van der Waals surface area contributed by atoms with Crippen LogP contribution in [0.5, 0.6) is 0 Å². The van der Waals surface area contributed by atoms with Gasteiger partial charge in [-0.25, -0.2) is 19.6 Å². The first-order chi connectivity index (χ1) is 11.7. The maximum Gasteiger partial charge on any atom is 0.123 e. The highest BCUT2D eigenvalue weighted by Gasteiger charge is 2.30. The molecule has 0 unspecified atom stereocenters. The zero-order chi connectivity index (χ0) is 20.2. The second-order valence-electron chi connectivity index (χ2n) is 9.16. The summed E-state index contributed by atoms with van der Waals surface area (Å²) >= 11 is 0.